The molecule has 0 saturated carbocycles. The Morgan fingerprint density at radius 1 is 1.38 bits per heavy atom. The number of ether oxygens (including phenoxy) is 1. The van der Waals surface area contributed by atoms with Gasteiger partial charge in [0, 0.05) is 17.9 Å². The van der Waals surface area contributed by atoms with Crippen molar-refractivity contribution in [2.75, 3.05) is 14.2 Å². The molecule has 0 aromatic heterocycles. The molecule has 1 N–H and O–H groups in total. The van der Waals surface area contributed by atoms with Gasteiger partial charge in [-0.1, -0.05) is 19.9 Å². The van der Waals surface area contributed by atoms with Crippen LogP contribution in [0.3, 0.4) is 0 Å². The second-order valence-electron chi connectivity index (χ2n) is 4.04. The Balaban J connectivity index is 2.79. The molecule has 3 heteroatoms. The fourth-order valence-electron chi connectivity index (χ4n) is 1.52. The summed E-state index contributed by atoms with van der Waals surface area (Å²) in [7, 11) is 3.70. The normalized spacial score (nSPS) is 10.8. The van der Waals surface area contributed by atoms with Crippen LogP contribution in [0.2, 0.25) is 0 Å². The van der Waals surface area contributed by atoms with Crippen LogP contribution in [-0.4, -0.2) is 19.4 Å². The van der Waals surface area contributed by atoms with E-state index in [2.05, 4.69) is 37.4 Å². The van der Waals surface area contributed by atoms with E-state index in [0.717, 1.165) is 18.0 Å². The molecule has 1 rings (SSSR count). The van der Waals surface area contributed by atoms with Gasteiger partial charge in [-0.2, -0.15) is 11.8 Å². The van der Waals surface area contributed by atoms with Gasteiger partial charge in [-0.05, 0) is 30.0 Å². The molecule has 0 aliphatic rings. The van der Waals surface area contributed by atoms with E-state index in [1.165, 1.54) is 11.1 Å². The number of thioether (sulfide) groups is 1. The van der Waals surface area contributed by atoms with E-state index in [9.17, 15) is 0 Å². The fourth-order valence-corrected chi connectivity index (χ4v) is 2.25. The van der Waals surface area contributed by atoms with Crippen LogP contribution in [0.1, 0.15) is 25.0 Å². The van der Waals surface area contributed by atoms with Crippen molar-refractivity contribution in [2.24, 2.45) is 0 Å². The summed E-state index contributed by atoms with van der Waals surface area (Å²) in [6.07, 6.45) is 0. The van der Waals surface area contributed by atoms with Crippen LogP contribution in [-0.2, 0) is 12.3 Å². The van der Waals surface area contributed by atoms with E-state index in [1.807, 2.05) is 18.8 Å². The van der Waals surface area contributed by atoms with Crippen molar-refractivity contribution in [3.8, 4) is 5.75 Å². The molecular weight excluding hydrogens is 218 g/mol. The number of nitrogens with one attached hydrogen (secondary N) is 1. The van der Waals surface area contributed by atoms with E-state index in [-0.39, 0.29) is 0 Å². The van der Waals surface area contributed by atoms with Crippen LogP contribution in [0.15, 0.2) is 18.2 Å². The minimum atomic E-state index is 0.651. The maximum atomic E-state index is 5.38. The highest BCUT2D eigenvalue weighted by molar-refractivity contribution is 7.99. The van der Waals surface area contributed by atoms with Gasteiger partial charge in [0.15, 0.2) is 0 Å². The summed E-state index contributed by atoms with van der Waals surface area (Å²) in [6, 6.07) is 6.40. The van der Waals surface area contributed by atoms with Crippen molar-refractivity contribution >= 4 is 11.8 Å². The summed E-state index contributed by atoms with van der Waals surface area (Å²) < 4.78 is 5.38. The number of hydrogen-bond donors (Lipinski definition) is 1. The Hall–Kier alpha value is -0.670. The lowest BCUT2D eigenvalue weighted by Crippen LogP contribution is -2.05. The highest BCUT2D eigenvalue weighted by Crippen LogP contribution is 2.26. The van der Waals surface area contributed by atoms with Gasteiger partial charge in [0.1, 0.15) is 5.75 Å². The van der Waals surface area contributed by atoms with Gasteiger partial charge in [-0.15, -0.1) is 0 Å². The summed E-state index contributed by atoms with van der Waals surface area (Å²) in [5.74, 6) is 2.01. The topological polar surface area (TPSA) is 21.3 Å². The van der Waals surface area contributed by atoms with Crippen molar-refractivity contribution in [2.45, 2.75) is 31.4 Å². The number of methoxy groups -OCH3 is 1. The van der Waals surface area contributed by atoms with Crippen LogP contribution < -0.4 is 10.1 Å². The van der Waals surface area contributed by atoms with Gasteiger partial charge in [-0.25, -0.2) is 0 Å². The Morgan fingerprint density at radius 2 is 2.12 bits per heavy atom. The van der Waals surface area contributed by atoms with Gasteiger partial charge in [0.05, 0.1) is 7.11 Å². The quantitative estimate of drug-likeness (QED) is 0.824. The first-order valence-corrected chi connectivity index (χ1v) is 6.64. The highest BCUT2D eigenvalue weighted by atomic mass is 32.2. The van der Waals surface area contributed by atoms with Crippen molar-refractivity contribution < 1.29 is 4.74 Å². The SMILES string of the molecule is CNCc1ccc(OC)c(CSC(C)C)c1. The van der Waals surface area contributed by atoms with E-state index in [1.54, 1.807) is 7.11 Å². The second kappa shape index (κ2) is 6.81. The monoisotopic (exact) mass is 239 g/mol. The zero-order chi connectivity index (χ0) is 12.0. The summed E-state index contributed by atoms with van der Waals surface area (Å²) in [5.41, 5.74) is 2.59. The summed E-state index contributed by atoms with van der Waals surface area (Å²) in [4.78, 5) is 0. The minimum Gasteiger partial charge on any atom is -0.496 e. The number of hydrogen-bond acceptors (Lipinski definition) is 3. The number of rotatable bonds is 6. The molecule has 0 saturated heterocycles. The third-order valence-corrected chi connectivity index (χ3v) is 3.44. The molecular formula is C13H21NOS. The average Bonchev–Trinajstić information content (AvgIpc) is 2.27. The molecule has 1 aromatic rings. The predicted molar refractivity (Wildman–Crippen MR) is 72.2 cm³/mol. The smallest absolute Gasteiger partial charge is 0.122 e. The zero-order valence-electron chi connectivity index (χ0n) is 10.5. The molecule has 90 valence electrons. The summed E-state index contributed by atoms with van der Waals surface area (Å²) in [6.45, 7) is 5.34. The molecule has 0 aliphatic carbocycles. The zero-order valence-corrected chi connectivity index (χ0v) is 11.4. The van der Waals surface area contributed by atoms with Crippen LogP contribution in [0.4, 0.5) is 0 Å². The van der Waals surface area contributed by atoms with Crippen LogP contribution in [0.5, 0.6) is 5.75 Å². The van der Waals surface area contributed by atoms with Gasteiger partial charge < -0.3 is 10.1 Å². The highest BCUT2D eigenvalue weighted by Gasteiger charge is 2.05. The molecule has 0 aliphatic heterocycles. The maximum absolute atomic E-state index is 5.38. The largest absolute Gasteiger partial charge is 0.496 e. The van der Waals surface area contributed by atoms with Crippen molar-refractivity contribution in [3.63, 3.8) is 0 Å². The van der Waals surface area contributed by atoms with E-state index < -0.39 is 0 Å². The van der Waals surface area contributed by atoms with Gasteiger partial charge in [0.25, 0.3) is 0 Å². The first kappa shape index (κ1) is 13.4. The van der Waals surface area contributed by atoms with Crippen LogP contribution >= 0.6 is 11.8 Å². The number of benzene rings is 1. The fraction of sp³-hybridized carbons (Fsp3) is 0.538. The van der Waals surface area contributed by atoms with Gasteiger partial charge in [-0.3, -0.25) is 0 Å². The Bertz CT molecular complexity index is 326. The average molecular weight is 239 g/mol. The van der Waals surface area contributed by atoms with E-state index in [0.29, 0.717) is 5.25 Å². The summed E-state index contributed by atoms with van der Waals surface area (Å²) in [5, 5.41) is 3.82. The molecule has 0 bridgehead atoms. The maximum Gasteiger partial charge on any atom is 0.122 e. The van der Waals surface area contributed by atoms with Gasteiger partial charge in [0.2, 0.25) is 0 Å². The second-order valence-corrected chi connectivity index (χ2v) is 5.60. The molecule has 0 fully saturated rings. The molecule has 0 amide bonds. The van der Waals surface area contributed by atoms with Crippen molar-refractivity contribution in [1.82, 2.24) is 5.32 Å². The molecule has 2 nitrogen and oxygen atoms in total. The lowest BCUT2D eigenvalue weighted by Gasteiger charge is -2.11. The molecule has 0 spiro atoms. The molecule has 0 heterocycles. The molecule has 0 radical (unpaired) electrons. The van der Waals surface area contributed by atoms with Crippen molar-refractivity contribution in [1.29, 1.82) is 0 Å². The van der Waals surface area contributed by atoms with Crippen LogP contribution in [0, 0.1) is 0 Å². The van der Waals surface area contributed by atoms with Gasteiger partial charge >= 0.3 is 0 Å². The lowest BCUT2D eigenvalue weighted by atomic mass is 10.1. The molecule has 1 aromatic carbocycles. The van der Waals surface area contributed by atoms with E-state index in [4.69, 9.17) is 4.74 Å². The molecule has 0 atom stereocenters. The third-order valence-electron chi connectivity index (χ3n) is 2.30. The Morgan fingerprint density at radius 3 is 2.69 bits per heavy atom. The third kappa shape index (κ3) is 4.06. The first-order chi connectivity index (χ1) is 7.67. The first-order valence-electron chi connectivity index (χ1n) is 5.59. The van der Waals surface area contributed by atoms with Crippen LogP contribution in [0.25, 0.3) is 0 Å². The van der Waals surface area contributed by atoms with E-state index >= 15 is 0 Å². The molecule has 0 unspecified atom stereocenters. The Labute approximate surface area is 103 Å². The minimum absolute atomic E-state index is 0.651. The standard InChI is InChI=1S/C13H21NOS/c1-10(2)16-9-12-7-11(8-14-3)5-6-13(12)15-4/h5-7,10,14H,8-9H2,1-4H3. The Kier molecular flexibility index (Phi) is 5.71. The summed E-state index contributed by atoms with van der Waals surface area (Å²) >= 11 is 1.94. The molecule has 16 heavy (non-hydrogen) atoms. The van der Waals surface area contributed by atoms with Crippen molar-refractivity contribution in [3.05, 3.63) is 29.3 Å². The predicted octanol–water partition coefficient (Wildman–Crippen LogP) is 3.06. The lowest BCUT2D eigenvalue weighted by molar-refractivity contribution is 0.411.